The molecule has 1 aliphatic heterocycles. The van der Waals surface area contributed by atoms with E-state index in [1.54, 1.807) is 12.3 Å². The summed E-state index contributed by atoms with van der Waals surface area (Å²) in [5.41, 5.74) is 4.67. The van der Waals surface area contributed by atoms with Gasteiger partial charge < -0.3 is 9.84 Å². The van der Waals surface area contributed by atoms with Crippen LogP contribution < -0.4 is 4.74 Å². The summed E-state index contributed by atoms with van der Waals surface area (Å²) in [6.07, 6.45) is 4.25. The molecule has 1 aliphatic carbocycles. The molecule has 210 valence electrons. The lowest BCUT2D eigenvalue weighted by Gasteiger charge is -2.26. The summed E-state index contributed by atoms with van der Waals surface area (Å²) >= 11 is 0. The van der Waals surface area contributed by atoms with Gasteiger partial charge in [-0.3, -0.25) is 10.00 Å². The molecule has 0 bridgehead atoms. The number of fused-ring (bicyclic) bond motifs is 2. The number of pyridine rings is 1. The standard InChI is InChI=1S/C31H33F3N4O2/c1-30(2,39)26-10-9-22(17-27(26)40-31(32,33)34)28-25-16-23(18-35-29(25)37-36-28)20-8-7-19-11-13-38(14-12-21(19)15-20)24-5-3-4-6-24/h7-10,15-18,24,39H,3-6,11-14H2,1-2H3,(H,35,36,37). The minimum atomic E-state index is -4.90. The molecule has 6 nitrogen and oxygen atoms in total. The molecular formula is C31H33F3N4O2. The molecule has 4 aromatic rings. The molecule has 0 saturated heterocycles. The van der Waals surface area contributed by atoms with Gasteiger partial charge in [0.2, 0.25) is 0 Å². The molecule has 0 spiro atoms. The van der Waals surface area contributed by atoms with Crippen LogP contribution in [0.3, 0.4) is 0 Å². The summed E-state index contributed by atoms with van der Waals surface area (Å²) in [6, 6.07) is 13.7. The topological polar surface area (TPSA) is 74.3 Å². The molecule has 0 radical (unpaired) electrons. The molecule has 0 unspecified atom stereocenters. The second-order valence-electron chi connectivity index (χ2n) is 11.5. The SMILES string of the molecule is CC(C)(O)c1ccc(-c2[nH]nc3ncc(-c4ccc5c(c4)CCN(C4CCCC4)CC5)cc23)cc1OC(F)(F)F. The van der Waals surface area contributed by atoms with E-state index in [4.69, 9.17) is 0 Å². The first-order valence-corrected chi connectivity index (χ1v) is 13.9. The van der Waals surface area contributed by atoms with E-state index < -0.39 is 17.7 Å². The predicted molar refractivity (Wildman–Crippen MR) is 148 cm³/mol. The van der Waals surface area contributed by atoms with Crippen molar-refractivity contribution in [2.24, 2.45) is 0 Å². The van der Waals surface area contributed by atoms with Gasteiger partial charge in [-0.2, -0.15) is 5.10 Å². The first-order valence-electron chi connectivity index (χ1n) is 13.9. The van der Waals surface area contributed by atoms with E-state index >= 15 is 0 Å². The van der Waals surface area contributed by atoms with Crippen LogP contribution in [-0.4, -0.2) is 50.7 Å². The number of aliphatic hydroxyl groups is 1. The lowest BCUT2D eigenvalue weighted by atomic mass is 9.94. The van der Waals surface area contributed by atoms with Crippen LogP contribution in [0.25, 0.3) is 33.4 Å². The van der Waals surface area contributed by atoms with E-state index in [1.807, 2.05) is 6.07 Å². The summed E-state index contributed by atoms with van der Waals surface area (Å²) in [5, 5.41) is 18.3. The van der Waals surface area contributed by atoms with Gasteiger partial charge in [0, 0.05) is 47.4 Å². The smallest absolute Gasteiger partial charge is 0.405 e. The zero-order chi connectivity index (χ0) is 28.1. The molecule has 9 heteroatoms. The highest BCUT2D eigenvalue weighted by atomic mass is 19.4. The van der Waals surface area contributed by atoms with Crippen molar-refractivity contribution in [1.82, 2.24) is 20.1 Å². The number of nitrogens with one attached hydrogen (secondary N) is 1. The molecule has 40 heavy (non-hydrogen) atoms. The number of halogens is 3. The second-order valence-corrected chi connectivity index (χ2v) is 11.5. The Morgan fingerprint density at radius 3 is 2.38 bits per heavy atom. The Balaban J connectivity index is 1.33. The summed E-state index contributed by atoms with van der Waals surface area (Å²) in [4.78, 5) is 7.20. The fourth-order valence-electron chi connectivity index (χ4n) is 6.23. The summed E-state index contributed by atoms with van der Waals surface area (Å²) in [7, 11) is 0. The molecule has 2 N–H and O–H groups in total. The maximum absolute atomic E-state index is 13.2. The second kappa shape index (κ2) is 10.2. The molecule has 2 aliphatic rings. The van der Waals surface area contributed by atoms with Gasteiger partial charge in [-0.1, -0.05) is 43.2 Å². The van der Waals surface area contributed by atoms with Crippen molar-refractivity contribution in [2.45, 2.75) is 70.4 Å². The number of H-pyrrole nitrogens is 1. The van der Waals surface area contributed by atoms with Crippen LogP contribution in [0.1, 0.15) is 56.2 Å². The average Bonchev–Trinajstić information content (AvgIpc) is 3.53. The van der Waals surface area contributed by atoms with Crippen molar-refractivity contribution in [2.75, 3.05) is 13.1 Å². The maximum Gasteiger partial charge on any atom is 0.573 e. The summed E-state index contributed by atoms with van der Waals surface area (Å²) in [5.74, 6) is -0.457. The Morgan fingerprint density at radius 2 is 1.65 bits per heavy atom. The number of aromatic amines is 1. The van der Waals surface area contributed by atoms with Crippen molar-refractivity contribution in [1.29, 1.82) is 0 Å². The highest BCUT2D eigenvalue weighted by molar-refractivity contribution is 5.93. The van der Waals surface area contributed by atoms with E-state index in [0.717, 1.165) is 43.1 Å². The lowest BCUT2D eigenvalue weighted by molar-refractivity contribution is -0.275. The Bertz CT molecular complexity index is 1530. The van der Waals surface area contributed by atoms with Crippen molar-refractivity contribution in [3.63, 3.8) is 0 Å². The van der Waals surface area contributed by atoms with E-state index in [1.165, 1.54) is 62.8 Å². The van der Waals surface area contributed by atoms with Crippen LogP contribution in [-0.2, 0) is 18.4 Å². The molecule has 0 atom stereocenters. The highest BCUT2D eigenvalue weighted by Gasteiger charge is 2.34. The molecule has 1 fully saturated rings. The third-order valence-corrected chi connectivity index (χ3v) is 8.28. The Hall–Kier alpha value is -3.43. The number of aromatic nitrogens is 3. The van der Waals surface area contributed by atoms with Gasteiger partial charge >= 0.3 is 6.36 Å². The number of rotatable bonds is 5. The van der Waals surface area contributed by atoms with Gasteiger partial charge in [0.1, 0.15) is 5.75 Å². The number of hydrogen-bond acceptors (Lipinski definition) is 5. The largest absolute Gasteiger partial charge is 0.573 e. The normalized spacial score (nSPS) is 17.2. The quantitative estimate of drug-likeness (QED) is 0.287. The number of nitrogens with zero attached hydrogens (tertiary/aromatic N) is 3. The zero-order valence-corrected chi connectivity index (χ0v) is 22.7. The third-order valence-electron chi connectivity index (χ3n) is 8.28. The van der Waals surface area contributed by atoms with Crippen LogP contribution in [0, 0.1) is 0 Å². The fraction of sp³-hybridized carbons (Fsp3) is 0.419. The lowest BCUT2D eigenvalue weighted by Crippen LogP contribution is -2.35. The van der Waals surface area contributed by atoms with Gasteiger partial charge in [0.05, 0.1) is 11.3 Å². The molecule has 6 rings (SSSR count). The molecule has 2 aromatic heterocycles. The molecule has 1 saturated carbocycles. The number of benzene rings is 2. The first-order chi connectivity index (χ1) is 19.0. The number of alkyl halides is 3. The molecule has 2 aromatic carbocycles. The van der Waals surface area contributed by atoms with Crippen LogP contribution in [0.5, 0.6) is 5.75 Å². The van der Waals surface area contributed by atoms with Gasteiger partial charge in [0.15, 0.2) is 5.65 Å². The molecule has 0 amide bonds. The van der Waals surface area contributed by atoms with Crippen LogP contribution in [0.4, 0.5) is 13.2 Å². The summed E-state index contributed by atoms with van der Waals surface area (Å²) in [6.45, 7) is 5.02. The van der Waals surface area contributed by atoms with E-state index in [0.29, 0.717) is 22.3 Å². The van der Waals surface area contributed by atoms with E-state index in [2.05, 4.69) is 43.0 Å². The summed E-state index contributed by atoms with van der Waals surface area (Å²) < 4.78 is 43.9. The van der Waals surface area contributed by atoms with Crippen LogP contribution >= 0.6 is 0 Å². The average molecular weight is 551 g/mol. The Morgan fingerprint density at radius 1 is 0.925 bits per heavy atom. The minimum absolute atomic E-state index is 0.0349. The fourth-order valence-corrected chi connectivity index (χ4v) is 6.23. The predicted octanol–water partition coefficient (Wildman–Crippen LogP) is 6.76. The number of hydrogen-bond donors (Lipinski definition) is 2. The molecular weight excluding hydrogens is 517 g/mol. The highest BCUT2D eigenvalue weighted by Crippen LogP contribution is 2.38. The Labute approximate surface area is 231 Å². The van der Waals surface area contributed by atoms with Gasteiger partial charge in [-0.05, 0) is 68.4 Å². The van der Waals surface area contributed by atoms with Crippen molar-refractivity contribution in [3.8, 4) is 28.1 Å². The van der Waals surface area contributed by atoms with Gasteiger partial charge in [-0.15, -0.1) is 13.2 Å². The Kier molecular flexibility index (Phi) is 6.82. The van der Waals surface area contributed by atoms with Gasteiger partial charge in [0.25, 0.3) is 0 Å². The first kappa shape index (κ1) is 26.8. The zero-order valence-electron chi connectivity index (χ0n) is 22.7. The monoisotopic (exact) mass is 550 g/mol. The minimum Gasteiger partial charge on any atom is -0.405 e. The van der Waals surface area contributed by atoms with Crippen LogP contribution in [0.2, 0.25) is 0 Å². The third kappa shape index (κ3) is 5.45. The van der Waals surface area contributed by atoms with E-state index in [-0.39, 0.29) is 5.56 Å². The molecule has 3 heterocycles. The van der Waals surface area contributed by atoms with E-state index in [9.17, 15) is 18.3 Å². The maximum atomic E-state index is 13.2. The van der Waals surface area contributed by atoms with Crippen molar-refractivity contribution >= 4 is 11.0 Å². The van der Waals surface area contributed by atoms with Crippen LogP contribution in [0.15, 0.2) is 48.7 Å². The van der Waals surface area contributed by atoms with Crippen molar-refractivity contribution in [3.05, 3.63) is 65.4 Å². The van der Waals surface area contributed by atoms with Crippen molar-refractivity contribution < 1.29 is 23.0 Å². The number of ether oxygens (including phenoxy) is 1. The van der Waals surface area contributed by atoms with Gasteiger partial charge in [-0.25, -0.2) is 4.98 Å².